The summed E-state index contributed by atoms with van der Waals surface area (Å²) in [6, 6.07) is 112. The second-order valence-electron chi connectivity index (χ2n) is 47.2. The van der Waals surface area contributed by atoms with Crippen LogP contribution in [0.4, 0.5) is 17.1 Å². The van der Waals surface area contributed by atoms with E-state index in [2.05, 4.69) is 387 Å². The molecule has 4 nitrogen and oxygen atoms in total. The van der Waals surface area contributed by atoms with Crippen molar-refractivity contribution in [1.82, 2.24) is 0 Å². The van der Waals surface area contributed by atoms with Gasteiger partial charge in [-0.05, 0) is 277 Å². The number of furan rings is 3. The highest BCUT2D eigenvalue weighted by atomic mass is 16.3. The Morgan fingerprint density at radius 2 is 0.490 bits per heavy atom. The maximum absolute atomic E-state index is 7.54. The Kier molecular flexibility index (Phi) is 21.8. The molecule has 0 saturated carbocycles. The van der Waals surface area contributed by atoms with Crippen molar-refractivity contribution in [2.75, 3.05) is 4.90 Å². The number of hydrogen-bond donors (Lipinski definition) is 0. The second kappa shape index (κ2) is 34.4. The molecule has 0 radical (unpaired) electrons. The number of unbranched alkanes of at least 4 members (excludes halogenated alkanes) is 16. The van der Waals surface area contributed by atoms with Gasteiger partial charge in [0.1, 0.15) is 33.5 Å². The van der Waals surface area contributed by atoms with Crippen LogP contribution in [0.2, 0.25) is 0 Å². The van der Waals surface area contributed by atoms with Crippen molar-refractivity contribution in [3.63, 3.8) is 0 Å². The van der Waals surface area contributed by atoms with Gasteiger partial charge in [0.15, 0.2) is 0 Å². The largest absolute Gasteiger partial charge is 0.455 e. The molecule has 19 aromatic rings. The molecule has 3 aromatic heterocycles. The van der Waals surface area contributed by atoms with Crippen LogP contribution in [0.25, 0.3) is 177 Å². The Bertz CT molecular complexity index is 8260. The summed E-state index contributed by atoms with van der Waals surface area (Å²) >= 11 is 0. The molecule has 16 aromatic carbocycles. The number of nitrogens with zero attached hydrogens (tertiary/aromatic N) is 1. The van der Waals surface area contributed by atoms with Crippen LogP contribution < -0.4 is 4.90 Å². The first-order valence-corrected chi connectivity index (χ1v) is 55.7. The predicted molar refractivity (Wildman–Crippen MR) is 613 cm³/mol. The average molecular weight is 1890 g/mol. The molecule has 0 atom stereocenters. The molecule has 0 spiro atoms. The molecule has 7 aliphatic carbocycles. The van der Waals surface area contributed by atoms with Gasteiger partial charge in [-0.1, -0.05) is 432 Å². The van der Waals surface area contributed by atoms with Crippen molar-refractivity contribution in [2.45, 2.75) is 289 Å². The summed E-state index contributed by atoms with van der Waals surface area (Å²) in [6.45, 7) is 34.3. The van der Waals surface area contributed by atoms with E-state index in [1.54, 1.807) is 11.1 Å². The van der Waals surface area contributed by atoms with E-state index in [1.165, 1.54) is 339 Å². The van der Waals surface area contributed by atoms with Gasteiger partial charge in [-0.3, -0.25) is 0 Å². The van der Waals surface area contributed by atoms with Gasteiger partial charge >= 0.3 is 0 Å². The number of rotatable bonds is 30. The van der Waals surface area contributed by atoms with Gasteiger partial charge < -0.3 is 18.2 Å². The molecule has 145 heavy (non-hydrogen) atoms. The maximum Gasteiger partial charge on any atom is 0.144 e. The zero-order valence-electron chi connectivity index (χ0n) is 87.8. The first-order chi connectivity index (χ1) is 70.5. The summed E-state index contributed by atoms with van der Waals surface area (Å²) in [4.78, 5) is 2.70. The van der Waals surface area contributed by atoms with Gasteiger partial charge in [-0.2, -0.15) is 0 Å². The van der Waals surface area contributed by atoms with Gasteiger partial charge in [0.25, 0.3) is 0 Å². The van der Waals surface area contributed by atoms with Crippen LogP contribution in [0.1, 0.15) is 329 Å². The number of anilines is 3. The van der Waals surface area contributed by atoms with Crippen molar-refractivity contribution < 1.29 is 13.3 Å². The normalized spacial score (nSPS) is 15.9. The summed E-state index contributed by atoms with van der Waals surface area (Å²) in [5, 5.41) is 7.17. The molecular formula is C141H137NO3. The summed E-state index contributed by atoms with van der Waals surface area (Å²) < 4.78 is 22.1. The minimum atomic E-state index is -0.444. The molecule has 0 amide bonds. The highest BCUT2D eigenvalue weighted by molar-refractivity contribution is 6.24. The highest BCUT2D eigenvalue weighted by Crippen LogP contribution is 2.69. The van der Waals surface area contributed by atoms with E-state index < -0.39 is 10.8 Å². The first kappa shape index (κ1) is 91.6. The summed E-state index contributed by atoms with van der Waals surface area (Å²) in [5.41, 5.74) is 52.9. The number of benzene rings is 16. The zero-order valence-corrected chi connectivity index (χ0v) is 87.8. The minimum absolute atomic E-state index is 0.0262. The molecule has 724 valence electrons. The van der Waals surface area contributed by atoms with Crippen molar-refractivity contribution in [3.8, 4) is 111 Å². The maximum atomic E-state index is 7.54. The Morgan fingerprint density at radius 1 is 0.200 bits per heavy atom. The lowest BCUT2D eigenvalue weighted by Crippen LogP contribution is -2.26. The molecule has 0 aliphatic heterocycles. The molecule has 0 bridgehead atoms. The molecular weight excluding hydrogens is 1760 g/mol. The third kappa shape index (κ3) is 13.5. The second-order valence-corrected chi connectivity index (χ2v) is 47.2. The Morgan fingerprint density at radius 3 is 0.931 bits per heavy atom. The number of hydrogen-bond acceptors (Lipinski definition) is 4. The standard InChI is InChI=1S/C141H137NO3/c1-15-19-23-27-43-75-140(76-44-28-24-20-16-2)109-55-39-31-47-94(109)97-71-65-90(81-114(97)140)89-64-70-96-95-69-63-88(79-110(95)135(5,6)111(96)80-89)86-59-61-87(62-60-86)106-85-116-120(123-103-50-34-40-56-117(103)143-132(106)123)102-74-68-93(84-115(102)141(116,77-45-29-25-21-17-3)78-46-30-26-22-18-4)142(91-66-72-100-112(82-91)138(11,12)128-121(100)124-104-51-35-41-57-118(104)144-133(124)126-98-48-32-37-53-107(98)136(7,8)130(126)128)92-67-73-101-113(83-92)139(13,14)129-122(101)125-105-52-36-42-58-119(105)145-134(125)127-99-49-33-38-54-108(99)137(9,10)131(127)129/h31-42,47-74,79-85H,15-30,43-46,75-78H2,1-14H3. The van der Waals surface area contributed by atoms with Crippen LogP contribution in [0.15, 0.2) is 298 Å². The quantitative estimate of drug-likeness (QED) is 0.0421. The fourth-order valence-electron chi connectivity index (χ4n) is 30.0. The Hall–Kier alpha value is -13.3. The summed E-state index contributed by atoms with van der Waals surface area (Å²) in [5.74, 6) is 0. The van der Waals surface area contributed by atoms with Gasteiger partial charge in [-0.25, -0.2) is 0 Å². The lowest BCUT2D eigenvalue weighted by atomic mass is 9.70. The van der Waals surface area contributed by atoms with E-state index in [0.29, 0.717) is 0 Å². The number of fused-ring (bicyclic) bond motifs is 37. The van der Waals surface area contributed by atoms with Gasteiger partial charge in [0, 0.05) is 104 Å². The van der Waals surface area contributed by atoms with E-state index >= 15 is 0 Å². The monoisotopic (exact) mass is 1890 g/mol. The van der Waals surface area contributed by atoms with E-state index in [1.807, 2.05) is 0 Å². The third-order valence-electron chi connectivity index (χ3n) is 37.1. The molecule has 0 saturated heterocycles. The molecule has 3 heterocycles. The average Bonchev–Trinajstić information content (AvgIpc) is 1.50. The van der Waals surface area contributed by atoms with Crippen LogP contribution in [0.3, 0.4) is 0 Å². The van der Waals surface area contributed by atoms with Crippen LogP contribution in [-0.4, -0.2) is 0 Å². The van der Waals surface area contributed by atoms with Gasteiger partial charge in [0.2, 0.25) is 0 Å². The zero-order chi connectivity index (χ0) is 98.7. The van der Waals surface area contributed by atoms with Crippen LogP contribution in [-0.2, 0) is 37.9 Å². The molecule has 7 aliphatic rings. The lowest BCUT2D eigenvalue weighted by molar-refractivity contribution is 0.399. The Balaban J connectivity index is 0.621. The van der Waals surface area contributed by atoms with E-state index in [4.69, 9.17) is 13.3 Å². The fourth-order valence-corrected chi connectivity index (χ4v) is 30.0. The van der Waals surface area contributed by atoms with Crippen LogP contribution >= 0.6 is 0 Å². The van der Waals surface area contributed by atoms with E-state index in [0.717, 1.165) is 76.1 Å². The molecule has 0 N–H and O–H groups in total. The molecule has 0 unspecified atom stereocenters. The van der Waals surface area contributed by atoms with E-state index in [-0.39, 0.29) is 27.1 Å². The fraction of sp³-hybridized carbons (Fsp3) is 0.319. The van der Waals surface area contributed by atoms with Crippen molar-refractivity contribution >= 4 is 82.9 Å². The third-order valence-corrected chi connectivity index (χ3v) is 37.1. The molecule has 26 rings (SSSR count). The summed E-state index contributed by atoms with van der Waals surface area (Å²) in [6.07, 6.45) is 29.4. The topological polar surface area (TPSA) is 42.7 Å². The number of para-hydroxylation sites is 3. The lowest BCUT2D eigenvalue weighted by Gasteiger charge is -2.35. The summed E-state index contributed by atoms with van der Waals surface area (Å²) in [7, 11) is 0. The van der Waals surface area contributed by atoms with E-state index in [9.17, 15) is 0 Å². The first-order valence-electron chi connectivity index (χ1n) is 55.7. The minimum Gasteiger partial charge on any atom is -0.455 e. The molecule has 4 heteroatoms. The predicted octanol–water partition coefficient (Wildman–Crippen LogP) is 41.4. The van der Waals surface area contributed by atoms with Gasteiger partial charge in [-0.15, -0.1) is 0 Å². The smallest absolute Gasteiger partial charge is 0.144 e. The van der Waals surface area contributed by atoms with Crippen LogP contribution in [0.5, 0.6) is 0 Å². The van der Waals surface area contributed by atoms with Crippen molar-refractivity contribution in [2.24, 2.45) is 0 Å². The molecule has 0 fully saturated rings. The highest BCUT2D eigenvalue weighted by Gasteiger charge is 2.54. The Labute approximate surface area is 858 Å². The van der Waals surface area contributed by atoms with Crippen LogP contribution in [0, 0.1) is 0 Å². The van der Waals surface area contributed by atoms with Crippen molar-refractivity contribution in [1.29, 1.82) is 0 Å². The van der Waals surface area contributed by atoms with Crippen molar-refractivity contribution in [3.05, 3.63) is 363 Å². The van der Waals surface area contributed by atoms with Gasteiger partial charge in [0.05, 0.1) is 0 Å². The SMILES string of the molecule is CCCCCCCC1(CCCCCCC)c2ccccc2-c2ccc(-c3ccc4c(c3)C(C)(C)c3cc(-c5ccc(-c6cc7c(c8c6oc6ccccc68)-c6ccc(N(c8ccc9c(c8)C(C)(C)c8c%10c(c%11oc%12ccccc%12c%11c8-9)-c8ccccc8C%10(C)C)c8ccc9c(c8)C(C)(C)c8c%10c(c%11oc%12ccccc%12c%11c8-9)-c8ccccc8C%10(C)C)cc6C7(CCCCCCC)CCCCCCC)cc5)ccc3-4)cc21.